The summed E-state index contributed by atoms with van der Waals surface area (Å²) >= 11 is 0. The van der Waals surface area contributed by atoms with Crippen LogP contribution in [-0.2, 0) is 10.1 Å². The quantitative estimate of drug-likeness (QED) is 0.186. The molecule has 5 N–H and O–H groups in total. The molecular weight excluding hydrogens is 214 g/mol. The minimum atomic E-state index is -4.15. The second-order valence-electron chi connectivity index (χ2n) is 2.88. The summed E-state index contributed by atoms with van der Waals surface area (Å²) in [6, 6.07) is 0. The lowest BCUT2D eigenvalue weighted by Crippen LogP contribution is -2.30. The minimum Gasteiger partial charge on any atom is -0.392 e. The highest BCUT2D eigenvalue weighted by Crippen LogP contribution is 1.94. The van der Waals surface area contributed by atoms with Crippen LogP contribution < -0.4 is 5.32 Å². The van der Waals surface area contributed by atoms with Gasteiger partial charge in [0, 0.05) is 6.54 Å². The highest BCUT2D eigenvalue weighted by atomic mass is 32.2. The van der Waals surface area contributed by atoms with Crippen molar-refractivity contribution in [2.24, 2.45) is 0 Å². The Morgan fingerprint density at radius 1 is 1.21 bits per heavy atom. The predicted molar refractivity (Wildman–Crippen MR) is 48.1 cm³/mol. The van der Waals surface area contributed by atoms with Crippen LogP contribution in [-0.4, -0.2) is 59.5 Å². The first-order valence-corrected chi connectivity index (χ1v) is 5.62. The van der Waals surface area contributed by atoms with Crippen molar-refractivity contribution in [3.05, 3.63) is 0 Å². The first-order valence-electron chi connectivity index (χ1n) is 4.01. The third-order valence-corrected chi connectivity index (χ3v) is 2.19. The normalized spacial score (nSPS) is 14.6. The van der Waals surface area contributed by atoms with Gasteiger partial charge in [-0.25, -0.2) is 0 Å². The van der Waals surface area contributed by atoms with E-state index < -0.39 is 28.3 Å². The summed E-state index contributed by atoms with van der Waals surface area (Å²) in [6.45, 7) is 0.174. The molecule has 86 valence electrons. The van der Waals surface area contributed by atoms with Crippen LogP contribution in [0.1, 0.15) is 6.42 Å². The molecule has 0 radical (unpaired) electrons. The zero-order chi connectivity index (χ0) is 11.2. The zero-order valence-electron chi connectivity index (χ0n) is 7.50. The van der Waals surface area contributed by atoms with E-state index in [2.05, 4.69) is 5.32 Å². The topological polar surface area (TPSA) is 127 Å². The second-order valence-corrected chi connectivity index (χ2v) is 4.37. The van der Waals surface area contributed by atoms with Crippen molar-refractivity contribution in [3.63, 3.8) is 0 Å². The van der Waals surface area contributed by atoms with Crippen LogP contribution in [0.3, 0.4) is 0 Å². The van der Waals surface area contributed by atoms with Gasteiger partial charge in [-0.3, -0.25) is 4.55 Å². The van der Waals surface area contributed by atoms with E-state index in [-0.39, 0.29) is 19.5 Å². The van der Waals surface area contributed by atoms with Crippen LogP contribution in [0.2, 0.25) is 0 Å². The lowest BCUT2D eigenvalue weighted by molar-refractivity contribution is -0.0374. The largest absolute Gasteiger partial charge is 0.392 e. The van der Waals surface area contributed by atoms with Crippen LogP contribution in [0.4, 0.5) is 0 Å². The van der Waals surface area contributed by atoms with E-state index >= 15 is 0 Å². The van der Waals surface area contributed by atoms with Crippen molar-refractivity contribution < 1.29 is 28.3 Å². The summed E-state index contributed by atoms with van der Waals surface area (Å²) in [5, 5.41) is 28.4. The van der Waals surface area contributed by atoms with Gasteiger partial charge in [0.05, 0.1) is 6.10 Å². The molecule has 0 rings (SSSR count). The molecule has 0 spiro atoms. The highest BCUT2D eigenvalue weighted by Gasteiger charge is 2.13. The molecule has 0 aliphatic carbocycles. The standard InChI is InChI=1S/C6H15NO6S/c8-5(4-14(11,12)13)1-2-7-3-6(9)10/h5-10H,1-4H2,(H,11,12,13). The van der Waals surface area contributed by atoms with Gasteiger partial charge in [-0.05, 0) is 13.0 Å². The van der Waals surface area contributed by atoms with Crippen LogP contribution >= 0.6 is 0 Å². The Labute approximate surface area is 82.1 Å². The molecule has 0 heterocycles. The molecule has 0 bridgehead atoms. The van der Waals surface area contributed by atoms with E-state index in [1.54, 1.807) is 0 Å². The molecule has 0 saturated carbocycles. The van der Waals surface area contributed by atoms with Gasteiger partial charge in [-0.1, -0.05) is 0 Å². The number of rotatable bonds is 7. The molecule has 14 heavy (non-hydrogen) atoms. The molecule has 0 aromatic heterocycles. The average molecular weight is 229 g/mol. The van der Waals surface area contributed by atoms with Gasteiger partial charge in [0.1, 0.15) is 5.75 Å². The lowest BCUT2D eigenvalue weighted by Gasteiger charge is -2.09. The maximum absolute atomic E-state index is 10.3. The molecule has 0 aliphatic heterocycles. The van der Waals surface area contributed by atoms with Crippen LogP contribution in [0, 0.1) is 0 Å². The van der Waals surface area contributed by atoms with Gasteiger partial charge in [0.2, 0.25) is 0 Å². The average Bonchev–Trinajstić information content (AvgIpc) is 1.94. The SMILES string of the molecule is O=S(=O)(O)CC(O)CCNCC(O)O. The molecule has 0 aliphatic rings. The Morgan fingerprint density at radius 3 is 2.21 bits per heavy atom. The van der Waals surface area contributed by atoms with Gasteiger partial charge in [-0.15, -0.1) is 0 Å². The van der Waals surface area contributed by atoms with E-state index in [1.165, 1.54) is 0 Å². The first kappa shape index (κ1) is 13.8. The molecule has 0 saturated heterocycles. The fourth-order valence-electron chi connectivity index (χ4n) is 0.826. The van der Waals surface area contributed by atoms with Gasteiger partial charge < -0.3 is 20.6 Å². The summed E-state index contributed by atoms with van der Waals surface area (Å²) in [4.78, 5) is 0. The Morgan fingerprint density at radius 2 is 1.79 bits per heavy atom. The van der Waals surface area contributed by atoms with Gasteiger partial charge in [-0.2, -0.15) is 8.42 Å². The molecular formula is C6H15NO6S. The Kier molecular flexibility index (Phi) is 6.16. The summed E-state index contributed by atoms with van der Waals surface area (Å²) in [5.41, 5.74) is 0. The Hall–Kier alpha value is -0.250. The molecule has 1 unspecified atom stereocenters. The fraction of sp³-hybridized carbons (Fsp3) is 1.00. The van der Waals surface area contributed by atoms with Crippen molar-refractivity contribution >= 4 is 10.1 Å². The second kappa shape index (κ2) is 6.27. The lowest BCUT2D eigenvalue weighted by atomic mass is 10.3. The molecule has 0 fully saturated rings. The molecule has 7 nitrogen and oxygen atoms in total. The summed E-state index contributed by atoms with van der Waals surface area (Å²) in [6.07, 6.45) is -2.53. The monoisotopic (exact) mass is 229 g/mol. The molecule has 8 heteroatoms. The molecule has 0 aromatic carbocycles. The number of aliphatic hydroxyl groups excluding tert-OH is 2. The van der Waals surface area contributed by atoms with Crippen molar-refractivity contribution in [1.82, 2.24) is 5.32 Å². The van der Waals surface area contributed by atoms with Crippen molar-refractivity contribution in [3.8, 4) is 0 Å². The van der Waals surface area contributed by atoms with Crippen LogP contribution in [0.25, 0.3) is 0 Å². The van der Waals surface area contributed by atoms with Gasteiger partial charge in [0.15, 0.2) is 6.29 Å². The summed E-state index contributed by atoms with van der Waals surface area (Å²) in [7, 11) is -4.15. The predicted octanol–water partition coefficient (Wildman–Crippen LogP) is -2.47. The number of aliphatic hydroxyl groups is 3. The Balaban J connectivity index is 3.50. The van der Waals surface area contributed by atoms with E-state index in [4.69, 9.17) is 19.9 Å². The smallest absolute Gasteiger partial charge is 0.267 e. The fourth-order valence-corrected chi connectivity index (χ4v) is 1.48. The first-order chi connectivity index (χ1) is 6.31. The van der Waals surface area contributed by atoms with Crippen molar-refractivity contribution in [2.45, 2.75) is 18.8 Å². The Bertz CT molecular complexity index is 239. The van der Waals surface area contributed by atoms with Crippen molar-refractivity contribution in [1.29, 1.82) is 0 Å². The molecule has 0 amide bonds. The molecule has 1 atom stereocenters. The van der Waals surface area contributed by atoms with Gasteiger partial charge in [0.25, 0.3) is 10.1 Å². The van der Waals surface area contributed by atoms with E-state index in [1.807, 2.05) is 0 Å². The van der Waals surface area contributed by atoms with E-state index in [9.17, 15) is 8.42 Å². The maximum atomic E-state index is 10.3. The third-order valence-electron chi connectivity index (χ3n) is 1.38. The van der Waals surface area contributed by atoms with Crippen molar-refractivity contribution in [2.75, 3.05) is 18.8 Å². The van der Waals surface area contributed by atoms with Crippen LogP contribution in [0.5, 0.6) is 0 Å². The zero-order valence-corrected chi connectivity index (χ0v) is 8.31. The van der Waals surface area contributed by atoms with E-state index in [0.29, 0.717) is 0 Å². The highest BCUT2D eigenvalue weighted by molar-refractivity contribution is 7.85. The minimum absolute atomic E-state index is 0.0569. The summed E-state index contributed by atoms with van der Waals surface area (Å²) < 4.78 is 28.9. The maximum Gasteiger partial charge on any atom is 0.267 e. The number of hydrogen-bond donors (Lipinski definition) is 5. The number of nitrogens with one attached hydrogen (secondary N) is 1. The third kappa shape index (κ3) is 9.84. The van der Waals surface area contributed by atoms with Crippen LogP contribution in [0.15, 0.2) is 0 Å². The molecule has 0 aromatic rings. The summed E-state index contributed by atoms with van der Waals surface area (Å²) in [5.74, 6) is -0.712. The number of hydrogen-bond acceptors (Lipinski definition) is 6. The van der Waals surface area contributed by atoms with Gasteiger partial charge >= 0.3 is 0 Å². The van der Waals surface area contributed by atoms with E-state index in [0.717, 1.165) is 0 Å².